The molecule has 0 heterocycles. The van der Waals surface area contributed by atoms with Crippen LogP contribution in [0.3, 0.4) is 0 Å². The summed E-state index contributed by atoms with van der Waals surface area (Å²) in [7, 11) is 0. The van der Waals surface area contributed by atoms with Gasteiger partial charge < -0.3 is 9.47 Å². The Morgan fingerprint density at radius 3 is 2.53 bits per heavy atom. The molecule has 0 aliphatic carbocycles. The monoisotopic (exact) mass is 470 g/mol. The van der Waals surface area contributed by atoms with Crippen LogP contribution < -0.4 is 20.3 Å². The van der Waals surface area contributed by atoms with E-state index in [1.807, 2.05) is 36.4 Å². The van der Waals surface area contributed by atoms with Crippen LogP contribution in [0.5, 0.6) is 11.5 Å². The van der Waals surface area contributed by atoms with E-state index in [0.717, 1.165) is 28.1 Å². The van der Waals surface area contributed by atoms with Gasteiger partial charge in [0.25, 0.3) is 11.8 Å². The van der Waals surface area contributed by atoms with Crippen molar-refractivity contribution in [3.63, 3.8) is 0 Å². The lowest BCUT2D eigenvalue weighted by Gasteiger charge is -2.13. The third-order valence-corrected chi connectivity index (χ3v) is 4.84. The van der Waals surface area contributed by atoms with Crippen molar-refractivity contribution in [3.8, 4) is 11.5 Å². The molecule has 0 saturated heterocycles. The van der Waals surface area contributed by atoms with Crippen LogP contribution in [-0.2, 0) is 4.79 Å². The molecule has 0 aliphatic heterocycles. The lowest BCUT2D eigenvalue weighted by atomic mass is 10.1. The molecule has 0 aliphatic rings. The minimum atomic E-state index is -0.472. The predicted octanol–water partition coefficient (Wildman–Crippen LogP) is 4.62. The Labute approximate surface area is 183 Å². The number of hydrogen-bond donors (Lipinski definition) is 2. The van der Waals surface area contributed by atoms with Crippen molar-refractivity contribution in [2.45, 2.75) is 19.8 Å². The highest BCUT2D eigenvalue weighted by Crippen LogP contribution is 2.23. The fourth-order valence-corrected chi connectivity index (χ4v) is 3.13. The molecule has 3 aromatic rings. The molecule has 0 aromatic heterocycles. The van der Waals surface area contributed by atoms with E-state index < -0.39 is 11.8 Å². The van der Waals surface area contributed by atoms with Gasteiger partial charge in [0, 0.05) is 4.47 Å². The number of amides is 2. The molecule has 156 valence electrons. The molecule has 7 heteroatoms. The molecular weight excluding hydrogens is 448 g/mol. The van der Waals surface area contributed by atoms with Crippen LogP contribution in [-0.4, -0.2) is 25.0 Å². The fourth-order valence-electron chi connectivity index (χ4n) is 2.77. The summed E-state index contributed by atoms with van der Waals surface area (Å²) in [6, 6.07) is 18.6. The van der Waals surface area contributed by atoms with Crippen LogP contribution in [0.1, 0.15) is 30.1 Å². The van der Waals surface area contributed by atoms with Crippen LogP contribution in [0, 0.1) is 0 Å². The number of ether oxygens (including phenoxy) is 2. The van der Waals surface area contributed by atoms with Crippen LogP contribution in [0.2, 0.25) is 0 Å². The summed E-state index contributed by atoms with van der Waals surface area (Å²) < 4.78 is 11.9. The fraction of sp³-hybridized carbons (Fsp3) is 0.217. The van der Waals surface area contributed by atoms with Gasteiger partial charge in [-0.15, -0.1) is 0 Å². The quantitative estimate of drug-likeness (QED) is 0.371. The van der Waals surface area contributed by atoms with Gasteiger partial charge in [-0.3, -0.25) is 20.4 Å². The zero-order chi connectivity index (χ0) is 21.3. The lowest BCUT2D eigenvalue weighted by Crippen LogP contribution is -2.44. The van der Waals surface area contributed by atoms with E-state index in [9.17, 15) is 9.59 Å². The Morgan fingerprint density at radius 1 is 0.933 bits per heavy atom. The Bertz CT molecular complexity index is 1040. The zero-order valence-electron chi connectivity index (χ0n) is 16.6. The number of hydrogen-bond acceptors (Lipinski definition) is 4. The van der Waals surface area contributed by atoms with Crippen LogP contribution >= 0.6 is 15.9 Å². The second kappa shape index (κ2) is 10.6. The average Bonchev–Trinajstić information content (AvgIpc) is 2.77. The predicted molar refractivity (Wildman–Crippen MR) is 120 cm³/mol. The topological polar surface area (TPSA) is 76.7 Å². The highest BCUT2D eigenvalue weighted by Gasteiger charge is 2.14. The number of fused-ring (bicyclic) bond motifs is 1. The van der Waals surface area contributed by atoms with Crippen molar-refractivity contribution >= 4 is 38.5 Å². The maximum Gasteiger partial charge on any atom is 0.276 e. The van der Waals surface area contributed by atoms with Gasteiger partial charge in [-0.2, -0.15) is 0 Å². The van der Waals surface area contributed by atoms with Gasteiger partial charge in [0.2, 0.25) is 0 Å². The van der Waals surface area contributed by atoms with Crippen LogP contribution in [0.4, 0.5) is 0 Å². The molecule has 0 bridgehead atoms. The van der Waals surface area contributed by atoms with E-state index in [4.69, 9.17) is 9.47 Å². The minimum Gasteiger partial charge on any atom is -0.493 e. The van der Waals surface area contributed by atoms with Gasteiger partial charge in [0.15, 0.2) is 6.61 Å². The highest BCUT2D eigenvalue weighted by atomic mass is 79.9. The van der Waals surface area contributed by atoms with Gasteiger partial charge in [-0.25, -0.2) is 0 Å². The molecule has 3 aromatic carbocycles. The van der Waals surface area contributed by atoms with E-state index in [0.29, 0.717) is 23.7 Å². The normalized spacial score (nSPS) is 10.5. The van der Waals surface area contributed by atoms with Crippen molar-refractivity contribution in [3.05, 3.63) is 70.7 Å². The molecular formula is C23H23BrN2O4. The minimum absolute atomic E-state index is 0.225. The Balaban J connectivity index is 1.53. The summed E-state index contributed by atoms with van der Waals surface area (Å²) in [6.07, 6.45) is 1.88. The third kappa shape index (κ3) is 5.97. The Kier molecular flexibility index (Phi) is 7.68. The zero-order valence-corrected chi connectivity index (χ0v) is 18.2. The molecule has 6 nitrogen and oxygen atoms in total. The summed E-state index contributed by atoms with van der Waals surface area (Å²) >= 11 is 3.35. The molecule has 0 fully saturated rings. The summed E-state index contributed by atoms with van der Waals surface area (Å²) in [5.41, 5.74) is 5.10. The van der Waals surface area contributed by atoms with Crippen molar-refractivity contribution < 1.29 is 19.1 Å². The molecule has 3 rings (SSSR count). The molecule has 30 heavy (non-hydrogen) atoms. The van der Waals surface area contributed by atoms with Crippen molar-refractivity contribution in [2.75, 3.05) is 13.2 Å². The molecule has 2 N–H and O–H groups in total. The average molecular weight is 471 g/mol. The second-order valence-corrected chi connectivity index (χ2v) is 7.56. The van der Waals surface area contributed by atoms with Gasteiger partial charge in [0.1, 0.15) is 11.5 Å². The molecule has 0 radical (unpaired) electrons. The smallest absolute Gasteiger partial charge is 0.276 e. The first-order chi connectivity index (χ1) is 14.6. The number of unbranched alkanes of at least 4 members (excludes halogenated alkanes) is 1. The number of nitrogens with one attached hydrogen (secondary N) is 2. The molecule has 2 amide bonds. The van der Waals surface area contributed by atoms with Gasteiger partial charge in [-0.1, -0.05) is 59.6 Å². The lowest BCUT2D eigenvalue weighted by molar-refractivity contribution is -0.123. The largest absolute Gasteiger partial charge is 0.493 e. The van der Waals surface area contributed by atoms with E-state index in [-0.39, 0.29) is 6.61 Å². The number of carbonyl (C=O) groups is 2. The SMILES string of the molecule is CCCCOc1ccc(Br)cc1C(=O)NNC(=O)COc1ccc2ccccc2c1. The molecule has 0 unspecified atom stereocenters. The van der Waals surface area contributed by atoms with Gasteiger partial charge in [0.05, 0.1) is 12.2 Å². The Morgan fingerprint density at radius 2 is 1.73 bits per heavy atom. The molecule has 0 spiro atoms. The first-order valence-electron chi connectivity index (χ1n) is 9.70. The maximum atomic E-state index is 12.5. The van der Waals surface area contributed by atoms with E-state index >= 15 is 0 Å². The number of halogens is 1. The summed E-state index contributed by atoms with van der Waals surface area (Å²) in [5, 5.41) is 2.11. The van der Waals surface area contributed by atoms with Gasteiger partial charge in [-0.05, 0) is 47.5 Å². The second-order valence-electron chi connectivity index (χ2n) is 6.64. The molecule has 0 saturated carbocycles. The van der Waals surface area contributed by atoms with E-state index in [1.165, 1.54) is 0 Å². The van der Waals surface area contributed by atoms with E-state index in [1.54, 1.807) is 24.3 Å². The maximum absolute atomic E-state index is 12.5. The number of carbonyl (C=O) groups excluding carboxylic acids is 2. The first kappa shape index (κ1) is 21.6. The van der Waals surface area contributed by atoms with Crippen LogP contribution in [0.25, 0.3) is 10.8 Å². The Hall–Kier alpha value is -3.06. The highest BCUT2D eigenvalue weighted by molar-refractivity contribution is 9.10. The number of rotatable bonds is 8. The standard InChI is InChI=1S/C23H23BrN2O4/c1-2-3-12-29-21-11-9-18(24)14-20(21)23(28)26-25-22(27)15-30-19-10-8-16-6-4-5-7-17(16)13-19/h4-11,13-14H,2-3,12,15H2,1H3,(H,25,27)(H,26,28). The number of hydrazine groups is 1. The van der Waals surface area contributed by atoms with Gasteiger partial charge >= 0.3 is 0 Å². The van der Waals surface area contributed by atoms with Crippen molar-refractivity contribution in [2.24, 2.45) is 0 Å². The van der Waals surface area contributed by atoms with Crippen molar-refractivity contribution in [1.29, 1.82) is 0 Å². The molecule has 0 atom stereocenters. The third-order valence-electron chi connectivity index (χ3n) is 4.35. The van der Waals surface area contributed by atoms with E-state index in [2.05, 4.69) is 33.7 Å². The summed E-state index contributed by atoms with van der Waals surface area (Å²) in [5.74, 6) is 0.0985. The summed E-state index contributed by atoms with van der Waals surface area (Å²) in [4.78, 5) is 24.6. The van der Waals surface area contributed by atoms with Crippen LogP contribution in [0.15, 0.2) is 65.1 Å². The van der Waals surface area contributed by atoms with Crippen molar-refractivity contribution in [1.82, 2.24) is 10.9 Å². The summed E-state index contributed by atoms with van der Waals surface area (Å²) in [6.45, 7) is 2.36. The first-order valence-corrected chi connectivity index (χ1v) is 10.5. The number of benzene rings is 3.